The maximum atomic E-state index is 12.1. The average molecular weight is 239 g/mol. The first-order valence-electron chi connectivity index (χ1n) is 7.13. The quantitative estimate of drug-likeness (QED) is 0.768. The van der Waals surface area contributed by atoms with Crippen molar-refractivity contribution in [2.75, 3.05) is 13.1 Å². The molecule has 2 fully saturated rings. The molecule has 2 rings (SSSR count). The van der Waals surface area contributed by atoms with Crippen molar-refractivity contribution in [3.8, 4) is 0 Å². The molecule has 1 saturated carbocycles. The Labute approximate surface area is 104 Å². The summed E-state index contributed by atoms with van der Waals surface area (Å²) < 4.78 is 5.77. The molecule has 4 atom stereocenters. The SMILES string of the molecule is CCC1CCCCC1OC(=O)[C@@H]1CNC[C@H]1C. The number of nitrogens with one attached hydrogen (secondary N) is 1. The van der Waals surface area contributed by atoms with Crippen molar-refractivity contribution < 1.29 is 9.53 Å². The Morgan fingerprint density at radius 3 is 2.71 bits per heavy atom. The van der Waals surface area contributed by atoms with E-state index in [0.717, 1.165) is 25.9 Å². The molecule has 2 unspecified atom stereocenters. The van der Waals surface area contributed by atoms with Crippen LogP contribution in [0.25, 0.3) is 0 Å². The number of esters is 1. The third-order valence-electron chi connectivity index (χ3n) is 4.45. The van der Waals surface area contributed by atoms with E-state index in [2.05, 4.69) is 19.2 Å². The van der Waals surface area contributed by atoms with Gasteiger partial charge in [-0.2, -0.15) is 0 Å². The van der Waals surface area contributed by atoms with Crippen LogP contribution < -0.4 is 5.32 Å². The van der Waals surface area contributed by atoms with Crippen LogP contribution in [0.5, 0.6) is 0 Å². The highest BCUT2D eigenvalue weighted by atomic mass is 16.5. The lowest BCUT2D eigenvalue weighted by molar-refractivity contribution is -0.159. The van der Waals surface area contributed by atoms with Gasteiger partial charge in [0.05, 0.1) is 5.92 Å². The fourth-order valence-electron chi connectivity index (χ4n) is 3.16. The van der Waals surface area contributed by atoms with Crippen LogP contribution in [-0.4, -0.2) is 25.2 Å². The van der Waals surface area contributed by atoms with Crippen molar-refractivity contribution in [2.45, 2.75) is 52.1 Å². The van der Waals surface area contributed by atoms with Gasteiger partial charge in [-0.3, -0.25) is 4.79 Å². The topological polar surface area (TPSA) is 38.3 Å². The third kappa shape index (κ3) is 3.01. The number of hydrogen-bond acceptors (Lipinski definition) is 3. The van der Waals surface area contributed by atoms with Crippen LogP contribution in [0.3, 0.4) is 0 Å². The number of carbonyl (C=O) groups is 1. The summed E-state index contributed by atoms with van der Waals surface area (Å²) in [5.41, 5.74) is 0. The third-order valence-corrected chi connectivity index (χ3v) is 4.45. The average Bonchev–Trinajstić information content (AvgIpc) is 2.76. The minimum Gasteiger partial charge on any atom is -0.462 e. The van der Waals surface area contributed by atoms with E-state index in [1.165, 1.54) is 19.3 Å². The molecule has 0 aromatic heterocycles. The van der Waals surface area contributed by atoms with Gasteiger partial charge in [0.1, 0.15) is 6.10 Å². The van der Waals surface area contributed by atoms with Crippen LogP contribution in [0.1, 0.15) is 46.0 Å². The number of rotatable bonds is 3. The summed E-state index contributed by atoms with van der Waals surface area (Å²) in [4.78, 5) is 12.1. The van der Waals surface area contributed by atoms with Gasteiger partial charge in [0, 0.05) is 6.54 Å². The number of hydrogen-bond donors (Lipinski definition) is 1. The number of ether oxygens (including phenoxy) is 1. The van der Waals surface area contributed by atoms with Crippen LogP contribution in [0, 0.1) is 17.8 Å². The smallest absolute Gasteiger partial charge is 0.310 e. The van der Waals surface area contributed by atoms with Gasteiger partial charge in [0.25, 0.3) is 0 Å². The zero-order valence-corrected chi connectivity index (χ0v) is 11.1. The molecule has 0 radical (unpaired) electrons. The fourth-order valence-corrected chi connectivity index (χ4v) is 3.16. The Morgan fingerprint density at radius 1 is 1.29 bits per heavy atom. The summed E-state index contributed by atoms with van der Waals surface area (Å²) >= 11 is 0. The lowest BCUT2D eigenvalue weighted by Crippen LogP contribution is -2.34. The van der Waals surface area contributed by atoms with Crippen LogP contribution in [-0.2, 0) is 9.53 Å². The molecule has 17 heavy (non-hydrogen) atoms. The molecule has 98 valence electrons. The Balaban J connectivity index is 1.88. The summed E-state index contributed by atoms with van der Waals surface area (Å²) in [5, 5.41) is 3.26. The minimum absolute atomic E-state index is 0.0350. The van der Waals surface area contributed by atoms with E-state index in [1.807, 2.05) is 0 Å². The Hall–Kier alpha value is -0.570. The van der Waals surface area contributed by atoms with Gasteiger partial charge in [0.2, 0.25) is 0 Å². The standard InChI is InChI=1S/C14H25NO2/c1-3-11-6-4-5-7-13(11)17-14(16)12-9-15-8-10(12)2/h10-13,15H,3-9H2,1-2H3/t10-,11?,12-,13?/m1/s1. The van der Waals surface area contributed by atoms with E-state index >= 15 is 0 Å². The predicted octanol–water partition coefficient (Wildman–Crippen LogP) is 2.35. The van der Waals surface area contributed by atoms with E-state index in [-0.39, 0.29) is 18.0 Å². The largest absolute Gasteiger partial charge is 0.462 e. The molecule has 1 aliphatic carbocycles. The Morgan fingerprint density at radius 2 is 2.06 bits per heavy atom. The van der Waals surface area contributed by atoms with Gasteiger partial charge in [-0.15, -0.1) is 0 Å². The van der Waals surface area contributed by atoms with Crippen molar-refractivity contribution >= 4 is 5.97 Å². The first-order valence-corrected chi connectivity index (χ1v) is 7.13. The highest BCUT2D eigenvalue weighted by molar-refractivity contribution is 5.73. The van der Waals surface area contributed by atoms with E-state index in [9.17, 15) is 4.79 Å². The molecule has 1 saturated heterocycles. The second-order valence-corrected chi connectivity index (χ2v) is 5.67. The van der Waals surface area contributed by atoms with Crippen LogP contribution in [0.15, 0.2) is 0 Å². The van der Waals surface area contributed by atoms with Gasteiger partial charge < -0.3 is 10.1 Å². The van der Waals surface area contributed by atoms with Gasteiger partial charge in [-0.05, 0) is 44.1 Å². The number of carbonyl (C=O) groups excluding carboxylic acids is 1. The van der Waals surface area contributed by atoms with E-state index in [4.69, 9.17) is 4.74 Å². The van der Waals surface area contributed by atoms with Crippen LogP contribution in [0.4, 0.5) is 0 Å². The first-order chi connectivity index (χ1) is 8.22. The minimum atomic E-state index is 0.0350. The van der Waals surface area contributed by atoms with Crippen molar-refractivity contribution in [3.63, 3.8) is 0 Å². The molecule has 1 N–H and O–H groups in total. The van der Waals surface area contributed by atoms with Gasteiger partial charge >= 0.3 is 5.97 Å². The van der Waals surface area contributed by atoms with Crippen molar-refractivity contribution in [1.82, 2.24) is 5.32 Å². The summed E-state index contributed by atoms with van der Waals surface area (Å²) in [5.74, 6) is 1.13. The fraction of sp³-hybridized carbons (Fsp3) is 0.929. The maximum Gasteiger partial charge on any atom is 0.310 e. The second kappa shape index (κ2) is 5.85. The van der Waals surface area contributed by atoms with E-state index in [0.29, 0.717) is 11.8 Å². The Kier molecular flexibility index (Phi) is 4.43. The summed E-state index contributed by atoms with van der Waals surface area (Å²) in [7, 11) is 0. The molecule has 0 aromatic rings. The molecular weight excluding hydrogens is 214 g/mol. The lowest BCUT2D eigenvalue weighted by atomic mass is 9.84. The molecule has 0 spiro atoms. The van der Waals surface area contributed by atoms with Crippen molar-refractivity contribution in [3.05, 3.63) is 0 Å². The molecule has 0 bridgehead atoms. The first kappa shape index (κ1) is 12.9. The Bertz CT molecular complexity index is 267. The van der Waals surface area contributed by atoms with Gasteiger partial charge in [-0.1, -0.05) is 20.3 Å². The second-order valence-electron chi connectivity index (χ2n) is 5.67. The van der Waals surface area contributed by atoms with E-state index < -0.39 is 0 Å². The summed E-state index contributed by atoms with van der Waals surface area (Å²) in [6.07, 6.45) is 6.14. The van der Waals surface area contributed by atoms with Gasteiger partial charge in [-0.25, -0.2) is 0 Å². The molecule has 3 heteroatoms. The molecular formula is C14H25NO2. The molecule has 0 amide bonds. The highest BCUT2D eigenvalue weighted by Crippen LogP contribution is 2.30. The summed E-state index contributed by atoms with van der Waals surface area (Å²) in [6.45, 7) is 6.08. The van der Waals surface area contributed by atoms with Crippen molar-refractivity contribution in [1.29, 1.82) is 0 Å². The van der Waals surface area contributed by atoms with Crippen LogP contribution >= 0.6 is 0 Å². The highest BCUT2D eigenvalue weighted by Gasteiger charge is 2.34. The molecule has 3 nitrogen and oxygen atoms in total. The van der Waals surface area contributed by atoms with Crippen molar-refractivity contribution in [2.24, 2.45) is 17.8 Å². The maximum absolute atomic E-state index is 12.1. The van der Waals surface area contributed by atoms with Crippen LogP contribution in [0.2, 0.25) is 0 Å². The summed E-state index contributed by atoms with van der Waals surface area (Å²) in [6, 6.07) is 0. The van der Waals surface area contributed by atoms with E-state index in [1.54, 1.807) is 0 Å². The predicted molar refractivity (Wildman–Crippen MR) is 67.7 cm³/mol. The zero-order valence-electron chi connectivity index (χ0n) is 11.1. The van der Waals surface area contributed by atoms with Gasteiger partial charge in [0.15, 0.2) is 0 Å². The zero-order chi connectivity index (χ0) is 12.3. The monoisotopic (exact) mass is 239 g/mol. The molecule has 1 aliphatic heterocycles. The molecule has 0 aromatic carbocycles. The normalized spacial score (nSPS) is 38.0. The lowest BCUT2D eigenvalue weighted by Gasteiger charge is -2.31. The molecule has 2 aliphatic rings. The molecule has 1 heterocycles.